The summed E-state index contributed by atoms with van der Waals surface area (Å²) in [7, 11) is -3.99. The third-order valence-electron chi connectivity index (χ3n) is 4.42. The molecule has 0 unspecified atom stereocenters. The van der Waals surface area contributed by atoms with Gasteiger partial charge in [0.05, 0.1) is 11.3 Å². The summed E-state index contributed by atoms with van der Waals surface area (Å²) in [6.07, 6.45) is 0.184. The van der Waals surface area contributed by atoms with E-state index in [4.69, 9.17) is 15.1 Å². The quantitative estimate of drug-likeness (QED) is 0.318. The predicted molar refractivity (Wildman–Crippen MR) is 111 cm³/mol. The van der Waals surface area contributed by atoms with Crippen LogP contribution in [-0.2, 0) is 19.6 Å². The van der Waals surface area contributed by atoms with E-state index < -0.39 is 32.7 Å². The summed E-state index contributed by atoms with van der Waals surface area (Å²) in [5.74, 6) is 4.58. The molecule has 0 aromatic heterocycles. The first kappa shape index (κ1) is 24.0. The minimum absolute atomic E-state index is 0.000771. The smallest absolute Gasteiger partial charge is 0.304 e. The standard InChI is InChI=1S/C19H24N2O7S2/c1-19(2)17(18(24)20-25)21(11-13-29-19)30(26,27)15-9-7-14(8-10-15)28-12-5-3-4-6-16(22)23/h7-10,17,25H,4,6,11-13H2,1-2H3,(H,20,24)(H,22,23)/t17-/m0/s1. The SMILES string of the molecule is CC1(C)SCCN(S(=O)(=O)c2ccc(OCC#CCCC(=O)O)cc2)[C@H]1C(=O)NO. The molecule has 0 saturated carbocycles. The lowest BCUT2D eigenvalue weighted by molar-refractivity contribution is -0.137. The van der Waals surface area contributed by atoms with Crippen LogP contribution in [0.1, 0.15) is 26.7 Å². The normalized spacial score (nSPS) is 18.7. The summed E-state index contributed by atoms with van der Waals surface area (Å²) >= 11 is 1.46. The molecule has 11 heteroatoms. The Hall–Kier alpha value is -2.26. The number of ether oxygens (including phenoxy) is 1. The Morgan fingerprint density at radius 3 is 2.57 bits per heavy atom. The number of carboxylic acid groups (broad SMARTS) is 1. The molecule has 1 saturated heterocycles. The lowest BCUT2D eigenvalue weighted by Crippen LogP contribution is -2.61. The summed E-state index contributed by atoms with van der Waals surface area (Å²) in [5.41, 5.74) is 1.57. The molecule has 0 radical (unpaired) electrons. The van der Waals surface area contributed by atoms with Crippen LogP contribution in [0.25, 0.3) is 0 Å². The Morgan fingerprint density at radius 2 is 1.97 bits per heavy atom. The van der Waals surface area contributed by atoms with Gasteiger partial charge in [0.1, 0.15) is 18.4 Å². The summed E-state index contributed by atoms with van der Waals surface area (Å²) in [6, 6.07) is 4.66. The second-order valence-electron chi connectivity index (χ2n) is 6.95. The lowest BCUT2D eigenvalue weighted by Gasteiger charge is -2.43. The average molecular weight is 457 g/mol. The van der Waals surface area contributed by atoms with Gasteiger partial charge in [-0.2, -0.15) is 16.1 Å². The summed E-state index contributed by atoms with van der Waals surface area (Å²) in [4.78, 5) is 22.6. The van der Waals surface area contributed by atoms with Crippen LogP contribution in [0.3, 0.4) is 0 Å². The summed E-state index contributed by atoms with van der Waals surface area (Å²) < 4.78 is 32.1. The third kappa shape index (κ3) is 5.89. The molecule has 1 amide bonds. The van der Waals surface area contributed by atoms with Gasteiger partial charge >= 0.3 is 5.97 Å². The van der Waals surface area contributed by atoms with E-state index in [1.54, 1.807) is 19.3 Å². The van der Waals surface area contributed by atoms with E-state index in [1.807, 2.05) is 0 Å². The zero-order valence-corrected chi connectivity index (χ0v) is 18.3. The van der Waals surface area contributed by atoms with Crippen molar-refractivity contribution in [3.63, 3.8) is 0 Å². The number of thioether (sulfide) groups is 1. The van der Waals surface area contributed by atoms with E-state index in [-0.39, 0.29) is 30.9 Å². The van der Waals surface area contributed by atoms with Crippen molar-refractivity contribution in [3.05, 3.63) is 24.3 Å². The fraction of sp³-hybridized carbons (Fsp3) is 0.474. The number of nitrogens with zero attached hydrogens (tertiary/aromatic N) is 1. The highest BCUT2D eigenvalue weighted by atomic mass is 32.2. The van der Waals surface area contributed by atoms with Crippen molar-refractivity contribution in [1.82, 2.24) is 9.79 Å². The van der Waals surface area contributed by atoms with Gasteiger partial charge in [0.25, 0.3) is 5.91 Å². The highest BCUT2D eigenvalue weighted by Crippen LogP contribution is 2.38. The van der Waals surface area contributed by atoms with Gasteiger partial charge in [-0.3, -0.25) is 14.8 Å². The first-order chi connectivity index (χ1) is 14.1. The van der Waals surface area contributed by atoms with Crippen LogP contribution < -0.4 is 10.2 Å². The number of carboxylic acids is 1. The van der Waals surface area contributed by atoms with E-state index in [1.165, 1.54) is 36.0 Å². The number of aliphatic carboxylic acids is 1. The van der Waals surface area contributed by atoms with E-state index >= 15 is 0 Å². The first-order valence-electron chi connectivity index (χ1n) is 9.09. The Morgan fingerprint density at radius 1 is 1.30 bits per heavy atom. The number of benzene rings is 1. The van der Waals surface area contributed by atoms with Crippen LogP contribution in [0.5, 0.6) is 5.75 Å². The number of carbonyl (C=O) groups is 2. The van der Waals surface area contributed by atoms with Crippen LogP contribution in [0, 0.1) is 11.8 Å². The molecule has 164 valence electrons. The van der Waals surface area contributed by atoms with E-state index in [0.717, 1.165) is 4.31 Å². The molecule has 1 fully saturated rings. The second-order valence-corrected chi connectivity index (χ2v) is 10.6. The van der Waals surface area contributed by atoms with Crippen molar-refractivity contribution < 1.29 is 33.1 Å². The molecule has 1 heterocycles. The Kier molecular flexibility index (Phi) is 8.14. The molecule has 0 bridgehead atoms. The first-order valence-corrected chi connectivity index (χ1v) is 11.5. The molecule has 9 nitrogen and oxygen atoms in total. The maximum Gasteiger partial charge on any atom is 0.304 e. The highest BCUT2D eigenvalue weighted by molar-refractivity contribution is 8.00. The highest BCUT2D eigenvalue weighted by Gasteiger charge is 2.48. The van der Waals surface area contributed by atoms with Crippen LogP contribution in [0.2, 0.25) is 0 Å². The molecule has 2 rings (SSSR count). The molecule has 1 aliphatic rings. The molecule has 1 atom stereocenters. The number of rotatable bonds is 7. The topological polar surface area (TPSA) is 133 Å². The van der Waals surface area contributed by atoms with Crippen LogP contribution in [0.4, 0.5) is 0 Å². The van der Waals surface area contributed by atoms with Crippen molar-refractivity contribution in [1.29, 1.82) is 0 Å². The number of hydroxylamine groups is 1. The van der Waals surface area contributed by atoms with E-state index in [2.05, 4.69) is 11.8 Å². The predicted octanol–water partition coefficient (Wildman–Crippen LogP) is 1.32. The maximum absolute atomic E-state index is 13.1. The monoisotopic (exact) mass is 456 g/mol. The molecule has 1 aliphatic heterocycles. The van der Waals surface area contributed by atoms with E-state index in [9.17, 15) is 18.0 Å². The third-order valence-corrected chi connectivity index (χ3v) is 7.65. The number of sulfonamides is 1. The summed E-state index contributed by atoms with van der Waals surface area (Å²) in [5, 5.41) is 17.6. The summed E-state index contributed by atoms with van der Waals surface area (Å²) in [6.45, 7) is 3.70. The molecule has 1 aromatic carbocycles. The van der Waals surface area contributed by atoms with Crippen molar-refractivity contribution in [3.8, 4) is 17.6 Å². The van der Waals surface area contributed by atoms with Crippen molar-refractivity contribution in [2.45, 2.75) is 42.4 Å². The van der Waals surface area contributed by atoms with Gasteiger partial charge in [0.2, 0.25) is 10.0 Å². The molecule has 1 aromatic rings. The molecular formula is C19H24N2O7S2. The zero-order valence-electron chi connectivity index (χ0n) is 16.6. The largest absolute Gasteiger partial charge is 0.481 e. The molecule has 0 aliphatic carbocycles. The molecule has 3 N–H and O–H groups in total. The van der Waals surface area contributed by atoms with Crippen molar-refractivity contribution in [2.24, 2.45) is 0 Å². The average Bonchev–Trinajstić information content (AvgIpc) is 2.69. The number of carbonyl (C=O) groups excluding carboxylic acids is 1. The Bertz CT molecular complexity index is 934. The number of amides is 1. The van der Waals surface area contributed by atoms with Gasteiger partial charge in [-0.25, -0.2) is 13.9 Å². The number of hydrogen-bond donors (Lipinski definition) is 3. The fourth-order valence-electron chi connectivity index (χ4n) is 2.99. The van der Waals surface area contributed by atoms with Crippen LogP contribution in [-0.4, -0.2) is 64.6 Å². The fourth-order valence-corrected chi connectivity index (χ4v) is 6.10. The maximum atomic E-state index is 13.1. The van der Waals surface area contributed by atoms with Crippen LogP contribution >= 0.6 is 11.8 Å². The van der Waals surface area contributed by atoms with Gasteiger partial charge in [0, 0.05) is 23.5 Å². The zero-order chi connectivity index (χ0) is 22.4. The second kappa shape index (κ2) is 10.2. The van der Waals surface area contributed by atoms with Gasteiger partial charge in [0.15, 0.2) is 0 Å². The van der Waals surface area contributed by atoms with E-state index in [0.29, 0.717) is 11.5 Å². The molecule has 0 spiro atoms. The number of nitrogens with one attached hydrogen (secondary N) is 1. The van der Waals surface area contributed by atoms with Crippen molar-refractivity contribution in [2.75, 3.05) is 18.9 Å². The van der Waals surface area contributed by atoms with Crippen molar-refractivity contribution >= 4 is 33.7 Å². The lowest BCUT2D eigenvalue weighted by atomic mass is 10.0. The minimum atomic E-state index is -3.99. The minimum Gasteiger partial charge on any atom is -0.481 e. The molecular weight excluding hydrogens is 432 g/mol. The van der Waals surface area contributed by atoms with Gasteiger partial charge in [-0.15, -0.1) is 0 Å². The van der Waals surface area contributed by atoms with Gasteiger partial charge in [-0.1, -0.05) is 11.8 Å². The van der Waals surface area contributed by atoms with Gasteiger partial charge < -0.3 is 9.84 Å². The molecule has 30 heavy (non-hydrogen) atoms. The Balaban J connectivity index is 2.12. The van der Waals surface area contributed by atoms with Crippen LogP contribution in [0.15, 0.2) is 29.2 Å². The number of hydrogen-bond acceptors (Lipinski definition) is 7. The Labute approximate surface area is 179 Å². The van der Waals surface area contributed by atoms with Gasteiger partial charge in [-0.05, 0) is 38.1 Å².